The van der Waals surface area contributed by atoms with Crippen molar-refractivity contribution in [1.82, 2.24) is 29.8 Å². The van der Waals surface area contributed by atoms with Crippen molar-refractivity contribution < 1.29 is 9.32 Å². The number of amides is 1. The van der Waals surface area contributed by atoms with E-state index in [0.29, 0.717) is 30.9 Å². The third kappa shape index (κ3) is 2.34. The van der Waals surface area contributed by atoms with Gasteiger partial charge in [-0.25, -0.2) is 4.98 Å². The molecule has 0 spiro atoms. The van der Waals surface area contributed by atoms with Crippen LogP contribution in [0, 0.1) is 6.92 Å². The Kier molecular flexibility index (Phi) is 3.51. The summed E-state index contributed by atoms with van der Waals surface area (Å²) in [4.78, 5) is 18.8. The van der Waals surface area contributed by atoms with Gasteiger partial charge >= 0.3 is 0 Å². The zero-order valence-corrected chi connectivity index (χ0v) is 13.7. The van der Waals surface area contributed by atoms with Crippen LogP contribution in [0.15, 0.2) is 16.8 Å². The van der Waals surface area contributed by atoms with E-state index in [-0.39, 0.29) is 5.91 Å². The van der Waals surface area contributed by atoms with E-state index in [0.717, 1.165) is 35.6 Å². The topological polar surface area (TPSA) is 89.9 Å². The van der Waals surface area contributed by atoms with Crippen LogP contribution in [0.2, 0.25) is 0 Å². The van der Waals surface area contributed by atoms with Gasteiger partial charge in [0.25, 0.3) is 11.6 Å². The Balaban J connectivity index is 1.62. The summed E-state index contributed by atoms with van der Waals surface area (Å²) >= 11 is 0. The van der Waals surface area contributed by atoms with Crippen molar-refractivity contribution in [2.75, 3.05) is 6.54 Å². The van der Waals surface area contributed by atoms with Crippen LogP contribution in [0.1, 0.15) is 41.0 Å². The first-order chi connectivity index (χ1) is 11.7. The van der Waals surface area contributed by atoms with Gasteiger partial charge in [-0.15, -0.1) is 10.2 Å². The van der Waals surface area contributed by atoms with Gasteiger partial charge in [0.2, 0.25) is 0 Å². The lowest BCUT2D eigenvalue weighted by Crippen LogP contribution is -2.38. The highest BCUT2D eigenvalue weighted by atomic mass is 16.5. The number of nitrogens with zero attached hydrogens (tertiary/aromatic N) is 6. The molecule has 0 saturated heterocycles. The maximum Gasteiger partial charge on any atom is 0.257 e. The Hall–Kier alpha value is -2.77. The van der Waals surface area contributed by atoms with E-state index in [1.54, 1.807) is 11.1 Å². The summed E-state index contributed by atoms with van der Waals surface area (Å²) in [6.45, 7) is 5.81. The molecule has 0 aromatic carbocycles. The van der Waals surface area contributed by atoms with Gasteiger partial charge in [0.15, 0.2) is 5.82 Å². The van der Waals surface area contributed by atoms with Gasteiger partial charge in [0.05, 0.1) is 23.2 Å². The van der Waals surface area contributed by atoms with E-state index in [1.165, 1.54) is 0 Å². The van der Waals surface area contributed by atoms with Crippen LogP contribution < -0.4 is 0 Å². The summed E-state index contributed by atoms with van der Waals surface area (Å²) in [5.41, 5.74) is 1.88. The minimum absolute atomic E-state index is 0.0556. The Morgan fingerprint density at radius 3 is 3.04 bits per heavy atom. The molecule has 4 heterocycles. The number of carbonyl (C=O) groups is 1. The molecule has 0 fully saturated rings. The lowest BCUT2D eigenvalue weighted by Gasteiger charge is -2.27. The van der Waals surface area contributed by atoms with Crippen molar-refractivity contribution in [3.63, 3.8) is 0 Å². The van der Waals surface area contributed by atoms with Crippen molar-refractivity contribution in [2.45, 2.75) is 39.8 Å². The molecule has 8 heteroatoms. The van der Waals surface area contributed by atoms with E-state index in [4.69, 9.17) is 4.52 Å². The highest BCUT2D eigenvalue weighted by molar-refractivity contribution is 5.97. The molecule has 0 radical (unpaired) electrons. The predicted molar refractivity (Wildman–Crippen MR) is 85.3 cm³/mol. The van der Waals surface area contributed by atoms with Gasteiger partial charge in [-0.3, -0.25) is 4.79 Å². The monoisotopic (exact) mass is 326 g/mol. The molecule has 4 rings (SSSR count). The minimum atomic E-state index is -0.0556. The molecule has 0 bridgehead atoms. The molecular weight excluding hydrogens is 308 g/mol. The van der Waals surface area contributed by atoms with Crippen molar-refractivity contribution in [3.8, 4) is 0 Å². The van der Waals surface area contributed by atoms with Crippen LogP contribution in [-0.4, -0.2) is 42.3 Å². The summed E-state index contributed by atoms with van der Waals surface area (Å²) in [6.07, 6.45) is 3.31. The predicted octanol–water partition coefficient (Wildman–Crippen LogP) is 1.73. The fourth-order valence-electron chi connectivity index (χ4n) is 3.07. The average molecular weight is 326 g/mol. The number of pyridine rings is 1. The normalized spacial score (nSPS) is 14.2. The minimum Gasteiger partial charge on any atom is -0.336 e. The molecule has 3 aromatic heterocycles. The molecule has 1 aliphatic rings. The zero-order valence-electron chi connectivity index (χ0n) is 13.7. The Bertz CT molecular complexity index is 913. The van der Waals surface area contributed by atoms with Crippen LogP contribution in [0.3, 0.4) is 0 Å². The van der Waals surface area contributed by atoms with Crippen molar-refractivity contribution in [2.24, 2.45) is 0 Å². The summed E-state index contributed by atoms with van der Waals surface area (Å²) in [6, 6.07) is 1.83. The maximum absolute atomic E-state index is 12.8. The molecule has 0 unspecified atom stereocenters. The van der Waals surface area contributed by atoms with E-state index < -0.39 is 0 Å². The Morgan fingerprint density at radius 1 is 1.33 bits per heavy atom. The Labute approximate surface area is 138 Å². The van der Waals surface area contributed by atoms with Crippen LogP contribution in [0.25, 0.3) is 11.1 Å². The first kappa shape index (κ1) is 14.8. The van der Waals surface area contributed by atoms with Crippen molar-refractivity contribution in [1.29, 1.82) is 0 Å². The highest BCUT2D eigenvalue weighted by Gasteiger charge is 2.25. The van der Waals surface area contributed by atoms with Gasteiger partial charge < -0.3 is 14.0 Å². The van der Waals surface area contributed by atoms with Crippen molar-refractivity contribution >= 4 is 17.0 Å². The molecule has 124 valence electrons. The third-order valence-electron chi connectivity index (χ3n) is 4.36. The number of carbonyl (C=O) groups excluding carboxylic acids is 1. The molecular formula is C16H18N6O2. The summed E-state index contributed by atoms with van der Waals surface area (Å²) in [5.74, 6) is 1.65. The molecule has 0 aliphatic carbocycles. The fourth-order valence-corrected chi connectivity index (χ4v) is 3.07. The van der Waals surface area contributed by atoms with Gasteiger partial charge in [-0.2, -0.15) is 0 Å². The molecule has 3 aromatic rings. The second kappa shape index (κ2) is 5.70. The maximum atomic E-state index is 12.8. The van der Waals surface area contributed by atoms with Crippen LogP contribution in [-0.2, 0) is 19.5 Å². The quantitative estimate of drug-likeness (QED) is 0.728. The van der Waals surface area contributed by atoms with Gasteiger partial charge in [0.1, 0.15) is 5.82 Å². The lowest BCUT2D eigenvalue weighted by atomic mass is 10.1. The molecule has 1 amide bonds. The number of rotatable bonds is 3. The number of hydrogen-bond donors (Lipinski definition) is 0. The smallest absolute Gasteiger partial charge is 0.257 e. The highest BCUT2D eigenvalue weighted by Crippen LogP contribution is 2.21. The van der Waals surface area contributed by atoms with E-state index in [2.05, 4.69) is 27.3 Å². The SMILES string of the molecule is CCCc1noc2ncc(C(=O)N3CCn4c(C)nnc4C3)cc12. The number of aromatic nitrogens is 5. The van der Waals surface area contributed by atoms with Gasteiger partial charge in [0, 0.05) is 19.3 Å². The standard InChI is InChI=1S/C16H18N6O2/c1-3-4-13-12-7-11(8-17-15(12)24-20-13)16(23)21-5-6-22-10(2)18-19-14(22)9-21/h7-8H,3-6,9H2,1-2H3. The first-order valence-electron chi connectivity index (χ1n) is 8.09. The molecule has 24 heavy (non-hydrogen) atoms. The zero-order chi connectivity index (χ0) is 16.7. The molecule has 0 N–H and O–H groups in total. The molecule has 8 nitrogen and oxygen atoms in total. The summed E-state index contributed by atoms with van der Waals surface area (Å²) in [7, 11) is 0. The van der Waals surface area contributed by atoms with Gasteiger partial charge in [-0.1, -0.05) is 18.5 Å². The second-order valence-electron chi connectivity index (χ2n) is 6.00. The lowest BCUT2D eigenvalue weighted by molar-refractivity contribution is 0.0706. The van der Waals surface area contributed by atoms with Gasteiger partial charge in [-0.05, 0) is 19.4 Å². The third-order valence-corrected chi connectivity index (χ3v) is 4.36. The molecule has 0 atom stereocenters. The first-order valence-corrected chi connectivity index (χ1v) is 8.09. The van der Waals surface area contributed by atoms with Crippen LogP contribution in [0.4, 0.5) is 0 Å². The van der Waals surface area contributed by atoms with E-state index in [9.17, 15) is 4.79 Å². The van der Waals surface area contributed by atoms with E-state index >= 15 is 0 Å². The summed E-state index contributed by atoms with van der Waals surface area (Å²) < 4.78 is 7.27. The fraction of sp³-hybridized carbons (Fsp3) is 0.438. The van der Waals surface area contributed by atoms with E-state index in [1.807, 2.05) is 17.6 Å². The number of fused-ring (bicyclic) bond motifs is 2. The molecule has 0 saturated carbocycles. The number of aryl methyl sites for hydroxylation is 2. The van der Waals surface area contributed by atoms with Crippen LogP contribution in [0.5, 0.6) is 0 Å². The van der Waals surface area contributed by atoms with Crippen LogP contribution >= 0.6 is 0 Å². The largest absolute Gasteiger partial charge is 0.336 e. The average Bonchev–Trinajstić information content (AvgIpc) is 3.18. The second-order valence-corrected chi connectivity index (χ2v) is 6.00. The summed E-state index contributed by atoms with van der Waals surface area (Å²) in [5, 5.41) is 13.1. The molecule has 1 aliphatic heterocycles. The number of hydrogen-bond acceptors (Lipinski definition) is 6. The van der Waals surface area contributed by atoms with Crippen molar-refractivity contribution in [3.05, 3.63) is 35.2 Å². The Morgan fingerprint density at radius 2 is 2.21 bits per heavy atom.